The summed E-state index contributed by atoms with van der Waals surface area (Å²) in [5.74, 6) is 0.824. The van der Waals surface area contributed by atoms with Crippen molar-refractivity contribution in [1.82, 2.24) is 4.90 Å². The van der Waals surface area contributed by atoms with Gasteiger partial charge in [0.25, 0.3) is 5.91 Å². The molecule has 0 unspecified atom stereocenters. The van der Waals surface area contributed by atoms with E-state index in [1.54, 1.807) is 18.2 Å². The molecule has 0 aromatic heterocycles. The van der Waals surface area contributed by atoms with Crippen molar-refractivity contribution in [3.05, 3.63) is 29.3 Å². The molecule has 0 bridgehead atoms. The zero-order chi connectivity index (χ0) is 14.4. The third-order valence-corrected chi connectivity index (χ3v) is 3.74. The molecular formula is C16H25NO2. The molecular weight excluding hydrogens is 238 g/mol. The van der Waals surface area contributed by atoms with Crippen LogP contribution in [0.1, 0.15) is 49.5 Å². The van der Waals surface area contributed by atoms with Gasteiger partial charge in [0.1, 0.15) is 5.75 Å². The molecule has 0 aliphatic carbocycles. The van der Waals surface area contributed by atoms with Crippen LogP contribution in [0.15, 0.2) is 18.2 Å². The summed E-state index contributed by atoms with van der Waals surface area (Å²) in [6.45, 7) is 9.73. The fourth-order valence-electron chi connectivity index (χ4n) is 2.27. The SMILES string of the molecule is CCC(CC)CN(CC)C(=O)c1ccc(O)cc1C. The minimum atomic E-state index is 0.0619. The largest absolute Gasteiger partial charge is 0.508 e. The van der Waals surface area contributed by atoms with Crippen molar-refractivity contribution in [1.29, 1.82) is 0 Å². The molecule has 0 saturated carbocycles. The maximum atomic E-state index is 12.5. The molecule has 106 valence electrons. The number of aromatic hydroxyl groups is 1. The number of phenolic OH excluding ortho intramolecular Hbond substituents is 1. The lowest BCUT2D eigenvalue weighted by Gasteiger charge is -2.26. The van der Waals surface area contributed by atoms with Crippen molar-refractivity contribution in [2.24, 2.45) is 5.92 Å². The van der Waals surface area contributed by atoms with Crippen LogP contribution in [0.5, 0.6) is 5.75 Å². The van der Waals surface area contributed by atoms with Gasteiger partial charge in [-0.1, -0.05) is 26.7 Å². The predicted octanol–water partition coefficient (Wildman–Crippen LogP) is 3.60. The number of amides is 1. The minimum absolute atomic E-state index is 0.0619. The molecule has 0 fully saturated rings. The highest BCUT2D eigenvalue weighted by Gasteiger charge is 2.18. The lowest BCUT2D eigenvalue weighted by atomic mass is 10.0. The molecule has 1 aromatic rings. The fraction of sp³-hybridized carbons (Fsp3) is 0.562. The van der Waals surface area contributed by atoms with E-state index in [0.29, 0.717) is 11.5 Å². The molecule has 3 heteroatoms. The molecule has 1 amide bonds. The van der Waals surface area contributed by atoms with Gasteiger partial charge in [0, 0.05) is 18.7 Å². The number of phenols is 1. The van der Waals surface area contributed by atoms with Gasteiger partial charge in [-0.15, -0.1) is 0 Å². The number of aryl methyl sites for hydroxylation is 1. The Labute approximate surface area is 116 Å². The van der Waals surface area contributed by atoms with Crippen LogP contribution in [0, 0.1) is 12.8 Å². The van der Waals surface area contributed by atoms with Crippen LogP contribution in [-0.4, -0.2) is 29.0 Å². The smallest absolute Gasteiger partial charge is 0.254 e. The summed E-state index contributed by atoms with van der Waals surface area (Å²) in [4.78, 5) is 14.4. The average Bonchev–Trinajstić information content (AvgIpc) is 2.39. The van der Waals surface area contributed by atoms with Crippen LogP contribution >= 0.6 is 0 Å². The minimum Gasteiger partial charge on any atom is -0.508 e. The zero-order valence-corrected chi connectivity index (χ0v) is 12.4. The molecule has 0 heterocycles. The number of benzene rings is 1. The van der Waals surface area contributed by atoms with Gasteiger partial charge in [-0.2, -0.15) is 0 Å². The van der Waals surface area contributed by atoms with Crippen molar-refractivity contribution in [3.8, 4) is 5.75 Å². The average molecular weight is 263 g/mol. The van der Waals surface area contributed by atoms with Crippen LogP contribution in [0.4, 0.5) is 0 Å². The monoisotopic (exact) mass is 263 g/mol. The number of hydrogen-bond acceptors (Lipinski definition) is 2. The van der Waals surface area contributed by atoms with E-state index in [9.17, 15) is 9.90 Å². The summed E-state index contributed by atoms with van der Waals surface area (Å²) in [7, 11) is 0. The highest BCUT2D eigenvalue weighted by molar-refractivity contribution is 5.95. The second-order valence-electron chi connectivity index (χ2n) is 5.03. The number of rotatable bonds is 6. The Morgan fingerprint density at radius 1 is 1.26 bits per heavy atom. The number of hydrogen-bond donors (Lipinski definition) is 1. The molecule has 0 spiro atoms. The van der Waals surface area contributed by atoms with Crippen molar-refractivity contribution >= 4 is 5.91 Å². The van der Waals surface area contributed by atoms with Gasteiger partial charge in [-0.3, -0.25) is 4.79 Å². The Kier molecular flexibility index (Phi) is 5.87. The molecule has 1 aromatic carbocycles. The quantitative estimate of drug-likeness (QED) is 0.852. The standard InChI is InChI=1S/C16H25NO2/c1-5-13(6-2)11-17(7-3)16(19)15-9-8-14(18)10-12(15)4/h8-10,13,18H,5-7,11H2,1-4H3. The van der Waals surface area contributed by atoms with Gasteiger partial charge in [0.2, 0.25) is 0 Å². The van der Waals surface area contributed by atoms with Gasteiger partial charge in [-0.25, -0.2) is 0 Å². The van der Waals surface area contributed by atoms with E-state index in [1.165, 1.54) is 0 Å². The second kappa shape index (κ2) is 7.17. The molecule has 19 heavy (non-hydrogen) atoms. The Balaban J connectivity index is 2.89. The maximum Gasteiger partial charge on any atom is 0.254 e. The van der Waals surface area contributed by atoms with Crippen molar-refractivity contribution in [3.63, 3.8) is 0 Å². The van der Waals surface area contributed by atoms with Crippen molar-refractivity contribution in [2.45, 2.75) is 40.5 Å². The highest BCUT2D eigenvalue weighted by atomic mass is 16.3. The van der Waals surface area contributed by atoms with E-state index in [-0.39, 0.29) is 11.7 Å². The Morgan fingerprint density at radius 2 is 1.89 bits per heavy atom. The number of carbonyl (C=O) groups excluding carboxylic acids is 1. The molecule has 0 aliphatic rings. The summed E-state index contributed by atoms with van der Waals surface area (Å²) in [6, 6.07) is 4.92. The normalized spacial score (nSPS) is 10.8. The molecule has 1 N–H and O–H groups in total. The van der Waals surface area contributed by atoms with Crippen LogP contribution in [-0.2, 0) is 0 Å². The van der Waals surface area contributed by atoms with Crippen LogP contribution in [0.3, 0.4) is 0 Å². The van der Waals surface area contributed by atoms with Gasteiger partial charge in [0.05, 0.1) is 0 Å². The third kappa shape index (κ3) is 3.98. The first-order chi connectivity index (χ1) is 9.03. The molecule has 0 saturated heterocycles. The van der Waals surface area contributed by atoms with E-state index in [1.807, 2.05) is 18.7 Å². The first-order valence-corrected chi connectivity index (χ1v) is 7.12. The first kappa shape index (κ1) is 15.5. The van der Waals surface area contributed by atoms with Crippen LogP contribution in [0.25, 0.3) is 0 Å². The summed E-state index contributed by atoms with van der Waals surface area (Å²) in [6.07, 6.45) is 2.18. The summed E-state index contributed by atoms with van der Waals surface area (Å²) >= 11 is 0. The van der Waals surface area contributed by atoms with Gasteiger partial charge in [-0.05, 0) is 43.5 Å². The van der Waals surface area contributed by atoms with Gasteiger partial charge < -0.3 is 10.0 Å². The highest BCUT2D eigenvalue weighted by Crippen LogP contribution is 2.19. The van der Waals surface area contributed by atoms with Crippen LogP contribution < -0.4 is 0 Å². The molecule has 0 atom stereocenters. The molecule has 0 aliphatic heterocycles. The van der Waals surface area contributed by atoms with E-state index < -0.39 is 0 Å². The summed E-state index contributed by atoms with van der Waals surface area (Å²) < 4.78 is 0. The van der Waals surface area contributed by atoms with Gasteiger partial charge in [0.15, 0.2) is 0 Å². The summed E-state index contributed by atoms with van der Waals surface area (Å²) in [5.41, 5.74) is 1.51. The number of nitrogens with zero attached hydrogens (tertiary/aromatic N) is 1. The van der Waals surface area contributed by atoms with E-state index in [2.05, 4.69) is 13.8 Å². The molecule has 3 nitrogen and oxygen atoms in total. The van der Waals surface area contributed by atoms with Crippen LogP contribution in [0.2, 0.25) is 0 Å². The molecule has 0 radical (unpaired) electrons. The van der Waals surface area contributed by atoms with E-state index in [0.717, 1.165) is 31.5 Å². The summed E-state index contributed by atoms with van der Waals surface area (Å²) in [5, 5.41) is 9.41. The van der Waals surface area contributed by atoms with E-state index in [4.69, 9.17) is 0 Å². The topological polar surface area (TPSA) is 40.5 Å². The Hall–Kier alpha value is -1.51. The van der Waals surface area contributed by atoms with Crippen molar-refractivity contribution < 1.29 is 9.90 Å². The third-order valence-electron chi connectivity index (χ3n) is 3.74. The predicted molar refractivity (Wildman–Crippen MR) is 78.5 cm³/mol. The molecule has 1 rings (SSSR count). The Bertz CT molecular complexity index is 425. The van der Waals surface area contributed by atoms with E-state index >= 15 is 0 Å². The lowest BCUT2D eigenvalue weighted by molar-refractivity contribution is 0.0734. The van der Waals surface area contributed by atoms with Gasteiger partial charge >= 0.3 is 0 Å². The Morgan fingerprint density at radius 3 is 2.37 bits per heavy atom. The lowest BCUT2D eigenvalue weighted by Crippen LogP contribution is -2.35. The first-order valence-electron chi connectivity index (χ1n) is 7.12. The maximum absolute atomic E-state index is 12.5. The van der Waals surface area contributed by atoms with Crippen molar-refractivity contribution in [2.75, 3.05) is 13.1 Å². The fourth-order valence-corrected chi connectivity index (χ4v) is 2.27. The number of carbonyl (C=O) groups is 1. The zero-order valence-electron chi connectivity index (χ0n) is 12.4. The second-order valence-corrected chi connectivity index (χ2v) is 5.03.